The number of nitrogens with one attached hydrogen (secondary N) is 1. The minimum Gasteiger partial charge on any atom is -0.478 e. The number of aromatic nitrogens is 1. The quantitative estimate of drug-likeness (QED) is 0.580. The molecule has 0 aliphatic carbocycles. The van der Waals surface area contributed by atoms with Crippen molar-refractivity contribution < 1.29 is 14.9 Å². The Labute approximate surface area is 82.4 Å². The van der Waals surface area contributed by atoms with Gasteiger partial charge in [-0.2, -0.15) is 0 Å². The zero-order chi connectivity index (χ0) is 10.4. The molecule has 0 spiro atoms. The van der Waals surface area contributed by atoms with Crippen LogP contribution in [-0.2, 0) is 4.79 Å². The van der Waals surface area contributed by atoms with E-state index in [1.165, 1.54) is 6.08 Å². The first-order valence-electron chi connectivity index (χ1n) is 4.24. The van der Waals surface area contributed by atoms with Gasteiger partial charge < -0.3 is 5.11 Å². The van der Waals surface area contributed by atoms with E-state index in [0.717, 1.165) is 5.56 Å². The number of carbonyl (C=O) groups is 1. The number of pyridine rings is 1. The van der Waals surface area contributed by atoms with E-state index in [-0.39, 0.29) is 0 Å². The van der Waals surface area contributed by atoms with Crippen molar-refractivity contribution in [2.45, 2.75) is 6.92 Å². The summed E-state index contributed by atoms with van der Waals surface area (Å²) in [6.07, 6.45) is 8.44. The van der Waals surface area contributed by atoms with Crippen molar-refractivity contribution in [1.29, 1.82) is 0 Å². The fourth-order valence-corrected chi connectivity index (χ4v) is 0.981. The fourth-order valence-electron chi connectivity index (χ4n) is 0.981. The van der Waals surface area contributed by atoms with E-state index < -0.39 is 5.97 Å². The average Bonchev–Trinajstić information content (AvgIpc) is 2.15. The van der Waals surface area contributed by atoms with Crippen LogP contribution in [0.1, 0.15) is 12.5 Å². The van der Waals surface area contributed by atoms with Gasteiger partial charge in [-0.25, -0.2) is 9.78 Å². The summed E-state index contributed by atoms with van der Waals surface area (Å²) >= 11 is 0. The van der Waals surface area contributed by atoms with Gasteiger partial charge in [-0.05, 0) is 24.6 Å². The van der Waals surface area contributed by atoms with E-state index >= 15 is 0 Å². The van der Waals surface area contributed by atoms with Gasteiger partial charge in [0.2, 0.25) is 0 Å². The molecule has 0 bridgehead atoms. The van der Waals surface area contributed by atoms with E-state index in [0.29, 0.717) is 5.57 Å². The molecule has 0 aliphatic heterocycles. The van der Waals surface area contributed by atoms with E-state index in [2.05, 4.69) is 4.98 Å². The Balaban J connectivity index is 2.70. The third kappa shape index (κ3) is 3.67. The molecule has 1 aromatic rings. The van der Waals surface area contributed by atoms with E-state index in [1.807, 2.05) is 30.6 Å². The molecule has 14 heavy (non-hydrogen) atoms. The van der Waals surface area contributed by atoms with Gasteiger partial charge in [0.25, 0.3) is 0 Å². The van der Waals surface area contributed by atoms with Gasteiger partial charge in [0, 0.05) is 17.7 Å². The normalized spacial score (nSPS) is 11.9. The zero-order valence-corrected chi connectivity index (χ0v) is 7.90. The van der Waals surface area contributed by atoms with E-state index in [9.17, 15) is 4.79 Å². The lowest BCUT2D eigenvalue weighted by Gasteiger charge is -1.89. The van der Waals surface area contributed by atoms with Crippen molar-refractivity contribution in [1.82, 2.24) is 0 Å². The first-order valence-corrected chi connectivity index (χ1v) is 4.24. The second kappa shape index (κ2) is 4.97. The number of allylic oxidation sites excluding steroid dienone is 2. The van der Waals surface area contributed by atoms with Crippen LogP contribution in [0.4, 0.5) is 0 Å². The van der Waals surface area contributed by atoms with Crippen LogP contribution >= 0.6 is 0 Å². The highest BCUT2D eigenvalue weighted by Crippen LogP contribution is 2.01. The summed E-state index contributed by atoms with van der Waals surface area (Å²) in [4.78, 5) is 13.2. The highest BCUT2D eigenvalue weighted by molar-refractivity contribution is 5.81. The molecule has 0 saturated carbocycles. The molecule has 3 nitrogen and oxygen atoms in total. The van der Waals surface area contributed by atoms with Crippen molar-refractivity contribution in [2.75, 3.05) is 0 Å². The molecule has 0 aromatic carbocycles. The third-order valence-electron chi connectivity index (χ3n) is 1.62. The Morgan fingerprint density at radius 2 is 2.36 bits per heavy atom. The number of rotatable bonds is 3. The number of hydrogen-bond acceptors (Lipinski definition) is 1. The van der Waals surface area contributed by atoms with Gasteiger partial charge in [-0.3, -0.25) is 0 Å². The Hall–Kier alpha value is -1.90. The van der Waals surface area contributed by atoms with Crippen LogP contribution in [0.15, 0.2) is 42.3 Å². The molecule has 0 aliphatic rings. The topological polar surface area (TPSA) is 51.4 Å². The first-order chi connectivity index (χ1) is 6.68. The van der Waals surface area contributed by atoms with Crippen molar-refractivity contribution in [3.05, 3.63) is 47.8 Å². The van der Waals surface area contributed by atoms with E-state index in [1.54, 1.807) is 13.0 Å². The molecule has 1 aromatic heterocycles. The standard InChI is InChI=1S/C11H11NO2/c1-9(7-11(13)14)4-5-10-3-2-6-12-8-10/h2-8H,1H3,(H,13,14)/p+1/b5-4-,9-7-. The maximum absolute atomic E-state index is 10.3. The summed E-state index contributed by atoms with van der Waals surface area (Å²) in [5.74, 6) is -0.924. The summed E-state index contributed by atoms with van der Waals surface area (Å²) in [6, 6.07) is 3.82. The van der Waals surface area contributed by atoms with Gasteiger partial charge in [0.1, 0.15) is 0 Å². The lowest BCUT2D eigenvalue weighted by atomic mass is 10.2. The van der Waals surface area contributed by atoms with Gasteiger partial charge in [0.05, 0.1) is 0 Å². The molecule has 1 heterocycles. The predicted octanol–water partition coefficient (Wildman–Crippen LogP) is 1.54. The molecule has 0 amide bonds. The first kappa shape index (κ1) is 10.2. The van der Waals surface area contributed by atoms with Crippen molar-refractivity contribution in [3.63, 3.8) is 0 Å². The highest BCUT2D eigenvalue weighted by atomic mass is 16.4. The number of hydrogen-bond donors (Lipinski definition) is 1. The molecule has 72 valence electrons. The van der Waals surface area contributed by atoms with Crippen LogP contribution in [0.3, 0.4) is 0 Å². The molecular weight excluding hydrogens is 178 g/mol. The molecular formula is C11H12NO2+. The lowest BCUT2D eigenvalue weighted by molar-refractivity contribution is -0.378. The van der Waals surface area contributed by atoms with Crippen LogP contribution in [0.25, 0.3) is 6.08 Å². The number of aliphatic carboxylic acids is 1. The van der Waals surface area contributed by atoms with Crippen LogP contribution < -0.4 is 4.98 Å². The number of H-pyrrole nitrogens is 1. The summed E-state index contributed by atoms with van der Waals surface area (Å²) in [5, 5.41) is 8.46. The lowest BCUT2D eigenvalue weighted by Crippen LogP contribution is -1.97. The summed E-state index contributed by atoms with van der Waals surface area (Å²) in [7, 11) is 0. The third-order valence-corrected chi connectivity index (χ3v) is 1.62. The van der Waals surface area contributed by atoms with Gasteiger partial charge in [0.15, 0.2) is 12.4 Å². The van der Waals surface area contributed by atoms with Crippen LogP contribution in [0, 0.1) is 0 Å². The second-order valence-corrected chi connectivity index (χ2v) is 2.90. The number of aromatic amines is 1. The van der Waals surface area contributed by atoms with E-state index in [4.69, 9.17) is 5.11 Å². The van der Waals surface area contributed by atoms with Crippen molar-refractivity contribution in [2.24, 2.45) is 0 Å². The maximum atomic E-state index is 10.3. The fraction of sp³-hybridized carbons (Fsp3) is 0.0909. The average molecular weight is 190 g/mol. The van der Waals surface area contributed by atoms with Crippen LogP contribution in [0.2, 0.25) is 0 Å². The molecule has 2 N–H and O–H groups in total. The highest BCUT2D eigenvalue weighted by Gasteiger charge is 1.91. The summed E-state index contributed by atoms with van der Waals surface area (Å²) in [5.41, 5.74) is 1.71. The van der Waals surface area contributed by atoms with Crippen LogP contribution in [-0.4, -0.2) is 11.1 Å². The SMILES string of the molecule is CC(/C=C\c1ccc[nH+]c1)=C/C(=O)O. The molecule has 0 radical (unpaired) electrons. The van der Waals surface area contributed by atoms with Gasteiger partial charge in [-0.15, -0.1) is 0 Å². The molecule has 0 atom stereocenters. The zero-order valence-electron chi connectivity index (χ0n) is 7.90. The van der Waals surface area contributed by atoms with Crippen molar-refractivity contribution in [3.8, 4) is 0 Å². The number of carboxylic acids is 1. The van der Waals surface area contributed by atoms with Crippen molar-refractivity contribution >= 4 is 12.0 Å². The maximum Gasteiger partial charge on any atom is 0.328 e. The second-order valence-electron chi connectivity index (χ2n) is 2.90. The minimum absolute atomic E-state index is 0.710. The Morgan fingerprint density at radius 3 is 2.93 bits per heavy atom. The molecule has 0 saturated heterocycles. The predicted molar refractivity (Wildman–Crippen MR) is 53.4 cm³/mol. The number of carboxylic acid groups (broad SMARTS) is 1. The minimum atomic E-state index is -0.924. The Kier molecular flexibility index (Phi) is 3.61. The van der Waals surface area contributed by atoms with Gasteiger partial charge in [-0.1, -0.05) is 6.08 Å². The molecule has 1 rings (SSSR count). The smallest absolute Gasteiger partial charge is 0.328 e. The van der Waals surface area contributed by atoms with Crippen LogP contribution in [0.5, 0.6) is 0 Å². The molecule has 0 fully saturated rings. The summed E-state index contributed by atoms with van der Waals surface area (Å²) < 4.78 is 0. The summed E-state index contributed by atoms with van der Waals surface area (Å²) in [6.45, 7) is 1.75. The Morgan fingerprint density at radius 1 is 1.57 bits per heavy atom. The largest absolute Gasteiger partial charge is 0.478 e. The van der Waals surface area contributed by atoms with Gasteiger partial charge >= 0.3 is 5.97 Å². The monoisotopic (exact) mass is 190 g/mol. The molecule has 3 heteroatoms. The Bertz CT molecular complexity index is 366. The molecule has 0 unspecified atom stereocenters.